The zero-order valence-electron chi connectivity index (χ0n) is 14.9. The fourth-order valence-corrected chi connectivity index (χ4v) is 1.88. The first-order chi connectivity index (χ1) is 11.7. The second kappa shape index (κ2) is 9.78. The first-order valence-corrected chi connectivity index (χ1v) is 8.12. The van der Waals surface area contributed by atoms with Crippen LogP contribution in [-0.2, 0) is 30.5 Å². The summed E-state index contributed by atoms with van der Waals surface area (Å²) in [4.78, 5) is 35.0. The van der Waals surface area contributed by atoms with Gasteiger partial charge in [0, 0.05) is 6.42 Å². The topological polar surface area (TPSA) is 108 Å². The van der Waals surface area contributed by atoms with Gasteiger partial charge in [-0.1, -0.05) is 30.3 Å². The van der Waals surface area contributed by atoms with E-state index in [9.17, 15) is 14.4 Å². The van der Waals surface area contributed by atoms with Crippen molar-refractivity contribution in [1.82, 2.24) is 5.32 Å². The molecule has 1 atom stereocenters. The van der Waals surface area contributed by atoms with E-state index in [1.54, 1.807) is 20.8 Å². The van der Waals surface area contributed by atoms with E-state index in [1.165, 1.54) is 0 Å². The van der Waals surface area contributed by atoms with Crippen molar-refractivity contribution in [2.24, 2.45) is 5.73 Å². The molecule has 0 aliphatic carbocycles. The van der Waals surface area contributed by atoms with Crippen LogP contribution in [0.4, 0.5) is 0 Å². The van der Waals surface area contributed by atoms with Gasteiger partial charge < -0.3 is 20.5 Å². The number of nitrogens with one attached hydrogen (secondary N) is 1. The molecule has 138 valence electrons. The molecule has 0 saturated carbocycles. The van der Waals surface area contributed by atoms with Gasteiger partial charge in [0.2, 0.25) is 5.91 Å². The average molecular weight is 350 g/mol. The molecule has 0 bridgehead atoms. The first-order valence-electron chi connectivity index (χ1n) is 8.12. The number of hydrogen-bond acceptors (Lipinski definition) is 6. The van der Waals surface area contributed by atoms with E-state index in [4.69, 9.17) is 15.2 Å². The summed E-state index contributed by atoms with van der Waals surface area (Å²) >= 11 is 0. The molecule has 7 nitrogen and oxygen atoms in total. The Hall–Kier alpha value is -2.41. The molecule has 1 unspecified atom stereocenters. The highest BCUT2D eigenvalue weighted by molar-refractivity contribution is 5.86. The molecule has 3 N–H and O–H groups in total. The third-order valence-electron chi connectivity index (χ3n) is 3.07. The Kier molecular flexibility index (Phi) is 8.07. The third-order valence-corrected chi connectivity index (χ3v) is 3.07. The van der Waals surface area contributed by atoms with Crippen LogP contribution in [-0.4, -0.2) is 36.0 Å². The largest absolute Gasteiger partial charge is 0.461 e. The number of carbonyl (C=O) groups is 3. The van der Waals surface area contributed by atoms with Crippen LogP contribution in [0.5, 0.6) is 0 Å². The SMILES string of the molecule is CC(C)(C)OC(=O)CNC(=O)C(N)CCC(=O)OCc1ccccc1. The highest BCUT2D eigenvalue weighted by Gasteiger charge is 2.19. The Morgan fingerprint density at radius 3 is 2.36 bits per heavy atom. The molecule has 0 heterocycles. The molecule has 0 radical (unpaired) electrons. The number of rotatable bonds is 8. The second-order valence-electron chi connectivity index (χ2n) is 6.60. The Morgan fingerprint density at radius 1 is 1.12 bits per heavy atom. The fourth-order valence-electron chi connectivity index (χ4n) is 1.88. The molecule has 1 aromatic carbocycles. The van der Waals surface area contributed by atoms with E-state index in [2.05, 4.69) is 5.32 Å². The standard InChI is InChI=1S/C18H26N2O5/c1-18(2,3)25-16(22)11-20-17(23)14(19)9-10-15(21)24-12-13-7-5-4-6-8-13/h4-8,14H,9-12,19H2,1-3H3,(H,20,23). The van der Waals surface area contributed by atoms with Gasteiger partial charge in [0.25, 0.3) is 0 Å². The van der Waals surface area contributed by atoms with Crippen molar-refractivity contribution in [2.75, 3.05) is 6.54 Å². The van der Waals surface area contributed by atoms with Gasteiger partial charge in [-0.05, 0) is 32.8 Å². The summed E-state index contributed by atoms with van der Waals surface area (Å²) < 4.78 is 10.2. The van der Waals surface area contributed by atoms with Crippen LogP contribution >= 0.6 is 0 Å². The summed E-state index contributed by atoms with van der Waals surface area (Å²) in [6, 6.07) is 8.39. The van der Waals surface area contributed by atoms with E-state index < -0.39 is 29.5 Å². The lowest BCUT2D eigenvalue weighted by Crippen LogP contribution is -2.44. The molecule has 0 saturated heterocycles. The predicted octanol–water partition coefficient (Wildman–Crippen LogP) is 1.30. The summed E-state index contributed by atoms with van der Waals surface area (Å²) in [6.45, 7) is 5.13. The van der Waals surface area contributed by atoms with Gasteiger partial charge in [-0.25, -0.2) is 0 Å². The van der Waals surface area contributed by atoms with E-state index in [0.717, 1.165) is 5.56 Å². The molecule has 7 heteroatoms. The van der Waals surface area contributed by atoms with Crippen molar-refractivity contribution in [1.29, 1.82) is 0 Å². The maximum Gasteiger partial charge on any atom is 0.325 e. The van der Waals surface area contributed by atoms with Crippen LogP contribution in [0.1, 0.15) is 39.2 Å². The zero-order chi connectivity index (χ0) is 18.9. The number of ether oxygens (including phenoxy) is 2. The highest BCUT2D eigenvalue weighted by Crippen LogP contribution is 2.06. The lowest BCUT2D eigenvalue weighted by Gasteiger charge is -2.20. The molecule has 25 heavy (non-hydrogen) atoms. The van der Waals surface area contributed by atoms with Gasteiger partial charge in [-0.3, -0.25) is 14.4 Å². The Balaban J connectivity index is 2.24. The maximum absolute atomic E-state index is 11.8. The molecule has 0 aromatic heterocycles. The minimum Gasteiger partial charge on any atom is -0.461 e. The number of hydrogen-bond donors (Lipinski definition) is 2. The zero-order valence-corrected chi connectivity index (χ0v) is 14.9. The van der Waals surface area contributed by atoms with Gasteiger partial charge in [0.05, 0.1) is 6.04 Å². The molecule has 0 spiro atoms. The number of carbonyl (C=O) groups excluding carboxylic acids is 3. The van der Waals surface area contributed by atoms with Gasteiger partial charge >= 0.3 is 11.9 Å². The molecule has 1 amide bonds. The minimum absolute atomic E-state index is 0.0217. The van der Waals surface area contributed by atoms with E-state index >= 15 is 0 Å². The molecular formula is C18H26N2O5. The van der Waals surface area contributed by atoms with Crippen LogP contribution in [0.2, 0.25) is 0 Å². The van der Waals surface area contributed by atoms with Gasteiger partial charge in [0.15, 0.2) is 0 Å². The molecule has 1 aromatic rings. The Bertz CT molecular complexity index is 581. The van der Waals surface area contributed by atoms with E-state index in [1.807, 2.05) is 30.3 Å². The summed E-state index contributed by atoms with van der Waals surface area (Å²) in [7, 11) is 0. The second-order valence-corrected chi connectivity index (χ2v) is 6.60. The molecule has 0 fully saturated rings. The van der Waals surface area contributed by atoms with Crippen LogP contribution in [0.15, 0.2) is 30.3 Å². The quantitative estimate of drug-likeness (QED) is 0.684. The Morgan fingerprint density at radius 2 is 1.76 bits per heavy atom. The van der Waals surface area contributed by atoms with Crippen LogP contribution in [0.3, 0.4) is 0 Å². The number of benzene rings is 1. The first kappa shape index (κ1) is 20.6. The van der Waals surface area contributed by atoms with Crippen molar-refractivity contribution in [3.8, 4) is 0 Å². The molecular weight excluding hydrogens is 324 g/mol. The average Bonchev–Trinajstić information content (AvgIpc) is 2.55. The number of esters is 2. The van der Waals surface area contributed by atoms with Crippen LogP contribution in [0.25, 0.3) is 0 Å². The monoisotopic (exact) mass is 350 g/mol. The summed E-state index contributed by atoms with van der Waals surface area (Å²) in [6.07, 6.45) is 0.154. The van der Waals surface area contributed by atoms with Crippen molar-refractivity contribution in [3.63, 3.8) is 0 Å². The van der Waals surface area contributed by atoms with Gasteiger partial charge in [-0.2, -0.15) is 0 Å². The summed E-state index contributed by atoms with van der Waals surface area (Å²) in [5.74, 6) is -1.49. The normalized spacial score (nSPS) is 12.2. The highest BCUT2D eigenvalue weighted by atomic mass is 16.6. The summed E-state index contributed by atoms with van der Waals surface area (Å²) in [5.41, 5.74) is 5.98. The Labute approximate surface area is 147 Å². The maximum atomic E-state index is 11.8. The van der Waals surface area contributed by atoms with Crippen LogP contribution in [0, 0.1) is 0 Å². The molecule has 0 aliphatic heterocycles. The predicted molar refractivity (Wildman–Crippen MR) is 92.3 cm³/mol. The lowest BCUT2D eigenvalue weighted by atomic mass is 10.1. The fraction of sp³-hybridized carbons (Fsp3) is 0.500. The van der Waals surface area contributed by atoms with Crippen molar-refractivity contribution in [3.05, 3.63) is 35.9 Å². The van der Waals surface area contributed by atoms with E-state index in [0.29, 0.717) is 0 Å². The van der Waals surface area contributed by atoms with Crippen LogP contribution < -0.4 is 11.1 Å². The van der Waals surface area contributed by atoms with Crippen molar-refractivity contribution in [2.45, 2.75) is 51.9 Å². The third kappa shape index (κ3) is 9.46. The molecule has 1 rings (SSSR count). The number of nitrogens with two attached hydrogens (primary N) is 1. The van der Waals surface area contributed by atoms with Crippen molar-refractivity contribution < 1.29 is 23.9 Å². The molecule has 0 aliphatic rings. The number of amides is 1. The van der Waals surface area contributed by atoms with Crippen molar-refractivity contribution >= 4 is 17.8 Å². The lowest BCUT2D eigenvalue weighted by molar-refractivity contribution is -0.154. The summed E-state index contributed by atoms with van der Waals surface area (Å²) in [5, 5.41) is 2.40. The van der Waals surface area contributed by atoms with Gasteiger partial charge in [-0.15, -0.1) is 0 Å². The van der Waals surface area contributed by atoms with Gasteiger partial charge in [0.1, 0.15) is 18.8 Å². The van der Waals surface area contributed by atoms with E-state index in [-0.39, 0.29) is 26.0 Å². The minimum atomic E-state index is -0.897. The smallest absolute Gasteiger partial charge is 0.325 e.